The van der Waals surface area contributed by atoms with E-state index < -0.39 is 5.97 Å². The van der Waals surface area contributed by atoms with Crippen molar-refractivity contribution < 1.29 is 9.90 Å². The Balaban J connectivity index is 4.40. The highest BCUT2D eigenvalue weighted by atomic mass is 32.2. The van der Waals surface area contributed by atoms with Crippen LogP contribution in [0, 0.1) is 0 Å². The van der Waals surface area contributed by atoms with E-state index in [1.54, 1.807) is 23.5 Å². The molecule has 0 aliphatic heterocycles. The van der Waals surface area contributed by atoms with Gasteiger partial charge in [0.15, 0.2) is 0 Å². The van der Waals surface area contributed by atoms with Gasteiger partial charge in [-0.3, -0.25) is 4.79 Å². The lowest BCUT2D eigenvalue weighted by molar-refractivity contribution is -0.137. The number of nitrogens with zero attached hydrogens (tertiary/aromatic N) is 2. The molecule has 0 amide bonds. The summed E-state index contributed by atoms with van der Waals surface area (Å²) in [4.78, 5) is 15.2. The molecule has 158 valence electrons. The van der Waals surface area contributed by atoms with Gasteiger partial charge in [0.2, 0.25) is 0 Å². The molecule has 0 aromatic rings. The molecule has 0 aliphatic carbocycles. The van der Waals surface area contributed by atoms with Crippen LogP contribution in [-0.2, 0) is 4.79 Å². The summed E-state index contributed by atoms with van der Waals surface area (Å²) < 4.78 is 1.83. The summed E-state index contributed by atoms with van der Waals surface area (Å²) in [5.41, 5.74) is 0. The number of thiocarbonyl (C=S) groups is 2. The van der Waals surface area contributed by atoms with E-state index in [2.05, 4.69) is 30.6 Å². The maximum atomic E-state index is 10.7. The molecule has 0 saturated heterocycles. The number of hydrogen-bond donors (Lipinski definition) is 1. The van der Waals surface area contributed by atoms with Crippen molar-refractivity contribution in [2.45, 2.75) is 72.1 Å². The second-order valence-electron chi connectivity index (χ2n) is 6.47. The van der Waals surface area contributed by atoms with Crippen LogP contribution in [-0.4, -0.2) is 60.8 Å². The smallest absolute Gasteiger partial charge is 0.303 e. The number of rotatable bonds is 15. The Hall–Kier alpha value is -0.0500. The minimum absolute atomic E-state index is 0.193. The number of unbranched alkanes of at least 4 members (excludes halogenated alkanes) is 3. The average Bonchev–Trinajstić information content (AvgIpc) is 2.64. The quantitative estimate of drug-likeness (QED) is 0.245. The molecule has 0 aromatic carbocycles. The fourth-order valence-electron chi connectivity index (χ4n) is 2.37. The van der Waals surface area contributed by atoms with Crippen molar-refractivity contribution in [3.63, 3.8) is 0 Å². The lowest BCUT2D eigenvalue weighted by atomic mass is 10.2. The number of aliphatic carboxylic acids is 1. The SMILES string of the molecule is CCCCN(CCCC)C(=S)SCSC(=S)N(CCCC)CCCC(=O)O. The highest BCUT2D eigenvalue weighted by Crippen LogP contribution is 2.21. The fraction of sp³-hybridized carbons (Fsp3) is 0.842. The van der Waals surface area contributed by atoms with Crippen molar-refractivity contribution >= 4 is 62.6 Å². The van der Waals surface area contributed by atoms with Crippen molar-refractivity contribution in [1.29, 1.82) is 0 Å². The van der Waals surface area contributed by atoms with Crippen molar-refractivity contribution in [2.24, 2.45) is 0 Å². The summed E-state index contributed by atoms with van der Waals surface area (Å²) in [5.74, 6) is -0.746. The number of hydrogen-bond acceptors (Lipinski definition) is 5. The molecule has 0 rings (SSSR count). The van der Waals surface area contributed by atoms with Crippen LogP contribution in [0.3, 0.4) is 0 Å². The molecule has 0 radical (unpaired) electrons. The number of thioether (sulfide) groups is 2. The Bertz CT molecular complexity index is 428. The van der Waals surface area contributed by atoms with Crippen molar-refractivity contribution in [2.75, 3.05) is 31.3 Å². The second-order valence-corrected chi connectivity index (χ2v) is 10.1. The summed E-state index contributed by atoms with van der Waals surface area (Å²) in [6.07, 6.45) is 7.70. The standard InChI is InChI=1S/C19H36N2O2S4/c1-4-7-12-20(13-8-5-2)18(24)26-16-27-19(25)21(14-9-6-3)15-10-11-17(22)23/h4-16H2,1-3H3,(H,22,23). The topological polar surface area (TPSA) is 43.8 Å². The predicted molar refractivity (Wildman–Crippen MR) is 130 cm³/mol. The fourth-order valence-corrected chi connectivity index (χ4v) is 5.37. The first-order chi connectivity index (χ1) is 13.0. The van der Waals surface area contributed by atoms with Crippen LogP contribution >= 0.6 is 48.0 Å². The molecule has 0 saturated carbocycles. The van der Waals surface area contributed by atoms with E-state index in [-0.39, 0.29) is 6.42 Å². The number of carbonyl (C=O) groups is 1. The molecule has 4 nitrogen and oxygen atoms in total. The Labute approximate surface area is 185 Å². The Kier molecular flexibility index (Phi) is 18.0. The summed E-state index contributed by atoms with van der Waals surface area (Å²) in [6.45, 7) is 10.3. The zero-order valence-corrected chi connectivity index (χ0v) is 20.3. The third kappa shape index (κ3) is 14.6. The molecular formula is C19H36N2O2S4. The molecule has 0 fully saturated rings. The molecule has 0 spiro atoms. The summed E-state index contributed by atoms with van der Waals surface area (Å²) in [6, 6.07) is 0. The van der Waals surface area contributed by atoms with E-state index in [9.17, 15) is 4.79 Å². The molecule has 0 bridgehead atoms. The van der Waals surface area contributed by atoms with Crippen molar-refractivity contribution in [3.05, 3.63) is 0 Å². The van der Waals surface area contributed by atoms with Crippen molar-refractivity contribution in [3.8, 4) is 0 Å². The molecule has 8 heteroatoms. The highest BCUT2D eigenvalue weighted by Gasteiger charge is 2.13. The lowest BCUT2D eigenvalue weighted by Gasteiger charge is -2.26. The van der Waals surface area contributed by atoms with E-state index in [0.29, 0.717) is 13.0 Å². The molecule has 0 heterocycles. The van der Waals surface area contributed by atoms with Crippen molar-refractivity contribution in [1.82, 2.24) is 9.80 Å². The van der Waals surface area contributed by atoms with Gasteiger partial charge in [-0.25, -0.2) is 0 Å². The molecule has 1 N–H and O–H groups in total. The summed E-state index contributed by atoms with van der Waals surface area (Å²) in [7, 11) is 0. The van der Waals surface area contributed by atoms with Gasteiger partial charge in [-0.15, -0.1) is 0 Å². The monoisotopic (exact) mass is 452 g/mol. The largest absolute Gasteiger partial charge is 0.481 e. The van der Waals surface area contributed by atoms with Crippen LogP contribution in [0.5, 0.6) is 0 Å². The average molecular weight is 453 g/mol. The van der Waals surface area contributed by atoms with Gasteiger partial charge in [0.1, 0.15) is 8.64 Å². The first-order valence-electron chi connectivity index (χ1n) is 10.0. The molecule has 0 unspecified atom stereocenters. The van der Waals surface area contributed by atoms with E-state index in [1.165, 1.54) is 25.7 Å². The van der Waals surface area contributed by atoms with E-state index in [1.807, 2.05) is 0 Å². The van der Waals surface area contributed by atoms with Gasteiger partial charge in [0, 0.05) is 32.6 Å². The van der Waals surface area contributed by atoms with Crippen LogP contribution in [0.2, 0.25) is 0 Å². The van der Waals surface area contributed by atoms with E-state index in [4.69, 9.17) is 29.5 Å². The Morgan fingerprint density at radius 2 is 1.15 bits per heavy atom. The van der Waals surface area contributed by atoms with Crippen LogP contribution in [0.4, 0.5) is 0 Å². The molecule has 0 aliphatic rings. The summed E-state index contributed by atoms with van der Waals surface area (Å²) in [5, 5.41) is 9.65. The minimum atomic E-state index is -0.746. The maximum Gasteiger partial charge on any atom is 0.303 e. The van der Waals surface area contributed by atoms with Crippen LogP contribution in [0.1, 0.15) is 72.1 Å². The van der Waals surface area contributed by atoms with Gasteiger partial charge in [0.05, 0.1) is 5.08 Å². The normalized spacial score (nSPS) is 10.6. The van der Waals surface area contributed by atoms with Gasteiger partial charge in [-0.2, -0.15) is 0 Å². The number of carboxylic acid groups (broad SMARTS) is 1. The first kappa shape index (κ1) is 27.0. The maximum absolute atomic E-state index is 10.7. The predicted octanol–water partition coefficient (Wildman–Crippen LogP) is 5.85. The van der Waals surface area contributed by atoms with Gasteiger partial charge in [0.25, 0.3) is 0 Å². The zero-order valence-electron chi connectivity index (χ0n) is 17.1. The van der Waals surface area contributed by atoms with Gasteiger partial charge < -0.3 is 14.9 Å². The third-order valence-corrected chi connectivity index (χ3v) is 7.22. The molecule has 27 heavy (non-hydrogen) atoms. The third-order valence-electron chi connectivity index (χ3n) is 4.04. The van der Waals surface area contributed by atoms with Crippen LogP contribution in [0.15, 0.2) is 0 Å². The lowest BCUT2D eigenvalue weighted by Crippen LogP contribution is -2.31. The van der Waals surface area contributed by atoms with Crippen LogP contribution in [0.25, 0.3) is 0 Å². The zero-order chi connectivity index (χ0) is 20.5. The molecule has 0 aromatic heterocycles. The van der Waals surface area contributed by atoms with Crippen LogP contribution < -0.4 is 0 Å². The molecular weight excluding hydrogens is 416 g/mol. The first-order valence-corrected chi connectivity index (χ1v) is 12.8. The molecule has 0 atom stereocenters. The minimum Gasteiger partial charge on any atom is -0.481 e. The Morgan fingerprint density at radius 1 is 0.778 bits per heavy atom. The summed E-state index contributed by atoms with van der Waals surface area (Å²) >= 11 is 14.6. The van der Waals surface area contributed by atoms with E-state index >= 15 is 0 Å². The number of carboxylic acids is 1. The Morgan fingerprint density at radius 3 is 1.48 bits per heavy atom. The highest BCUT2D eigenvalue weighted by molar-refractivity contribution is 8.35. The second kappa shape index (κ2) is 18.0. The van der Waals surface area contributed by atoms with Gasteiger partial charge in [-0.05, 0) is 25.7 Å². The van der Waals surface area contributed by atoms with Gasteiger partial charge in [-0.1, -0.05) is 88.0 Å². The van der Waals surface area contributed by atoms with E-state index in [0.717, 1.165) is 46.2 Å². The van der Waals surface area contributed by atoms with Gasteiger partial charge >= 0.3 is 5.97 Å².